The number of carboxylic acids is 1. The van der Waals surface area contributed by atoms with Crippen LogP contribution >= 0.6 is 0 Å². The van der Waals surface area contributed by atoms with E-state index < -0.39 is 42.9 Å². The molecule has 0 aromatic heterocycles. The van der Waals surface area contributed by atoms with Gasteiger partial charge >= 0.3 is 18.2 Å². The highest BCUT2D eigenvalue weighted by molar-refractivity contribution is 5.93. The third kappa shape index (κ3) is 6.99. The van der Waals surface area contributed by atoms with E-state index >= 15 is 0 Å². The fourth-order valence-corrected chi connectivity index (χ4v) is 3.89. The van der Waals surface area contributed by atoms with Crippen LogP contribution in [0.25, 0.3) is 11.1 Å². The molecule has 0 saturated heterocycles. The number of fused-ring (bicyclic) bond motifs is 3. The van der Waals surface area contributed by atoms with Crippen LogP contribution in [0.3, 0.4) is 0 Å². The number of carbonyl (C=O) groups is 3. The molecule has 1 aliphatic rings. The van der Waals surface area contributed by atoms with Gasteiger partial charge in [-0.3, -0.25) is 9.59 Å². The quantitative estimate of drug-likeness (QED) is 0.492. The van der Waals surface area contributed by atoms with Crippen molar-refractivity contribution in [3.8, 4) is 23.0 Å². The summed E-state index contributed by atoms with van der Waals surface area (Å²) in [6.07, 6.45) is -7.05. The first-order valence-electron chi connectivity index (χ1n) is 10.8. The number of alkyl halides is 3. The second kappa shape index (κ2) is 11.4. The first kappa shape index (κ1) is 25.6. The summed E-state index contributed by atoms with van der Waals surface area (Å²) in [7, 11) is 0. The highest BCUT2D eigenvalue weighted by Crippen LogP contribution is 2.44. The van der Waals surface area contributed by atoms with Crippen molar-refractivity contribution in [2.24, 2.45) is 5.92 Å². The van der Waals surface area contributed by atoms with Crippen molar-refractivity contribution in [2.75, 3.05) is 19.7 Å². The molecule has 1 aliphatic carbocycles. The Balaban J connectivity index is 1.41. The van der Waals surface area contributed by atoms with Gasteiger partial charge in [0.05, 0.1) is 18.9 Å². The Bertz CT molecular complexity index is 1110. The molecule has 0 bridgehead atoms. The van der Waals surface area contributed by atoms with E-state index in [1.807, 2.05) is 48.5 Å². The van der Waals surface area contributed by atoms with E-state index in [-0.39, 0.29) is 25.6 Å². The zero-order valence-electron chi connectivity index (χ0n) is 18.5. The van der Waals surface area contributed by atoms with E-state index in [4.69, 9.17) is 9.84 Å². The van der Waals surface area contributed by atoms with Gasteiger partial charge in [0.1, 0.15) is 6.61 Å². The predicted molar refractivity (Wildman–Crippen MR) is 120 cm³/mol. The molecule has 2 aromatic carbocycles. The number of carbonyl (C=O) groups excluding carboxylic acids is 2. The molecule has 10 heteroatoms. The summed E-state index contributed by atoms with van der Waals surface area (Å²) in [4.78, 5) is 34.2. The van der Waals surface area contributed by atoms with Crippen molar-refractivity contribution in [2.45, 2.75) is 24.9 Å². The average Bonchev–Trinajstić information content (AvgIpc) is 3.13. The van der Waals surface area contributed by atoms with Crippen LogP contribution < -0.4 is 10.6 Å². The number of alkyl carbamates (subject to hydrolysis) is 1. The lowest BCUT2D eigenvalue weighted by Crippen LogP contribution is -2.31. The Morgan fingerprint density at radius 3 is 2.17 bits per heavy atom. The number of ether oxygens (including phenoxy) is 1. The van der Waals surface area contributed by atoms with Gasteiger partial charge in [-0.15, -0.1) is 0 Å². The number of rotatable bonds is 8. The maximum absolute atomic E-state index is 12.8. The van der Waals surface area contributed by atoms with E-state index in [9.17, 15) is 27.6 Å². The molecular weight excluding hydrogens is 465 g/mol. The first-order chi connectivity index (χ1) is 16.7. The van der Waals surface area contributed by atoms with Crippen molar-refractivity contribution in [1.82, 2.24) is 10.6 Å². The summed E-state index contributed by atoms with van der Waals surface area (Å²) in [5.74, 6) is -0.0479. The number of halogens is 3. The van der Waals surface area contributed by atoms with Crippen molar-refractivity contribution in [3.05, 3.63) is 59.7 Å². The summed E-state index contributed by atoms with van der Waals surface area (Å²) in [5, 5.41) is 13.2. The van der Waals surface area contributed by atoms with E-state index in [0.29, 0.717) is 0 Å². The van der Waals surface area contributed by atoms with Gasteiger partial charge in [0.25, 0.3) is 5.91 Å². The Morgan fingerprint density at radius 2 is 1.60 bits per heavy atom. The molecule has 184 valence electrons. The van der Waals surface area contributed by atoms with Crippen LogP contribution in [-0.2, 0) is 14.3 Å². The summed E-state index contributed by atoms with van der Waals surface area (Å²) in [6, 6.07) is 15.8. The summed E-state index contributed by atoms with van der Waals surface area (Å²) in [5.41, 5.74) is 4.32. The van der Waals surface area contributed by atoms with Gasteiger partial charge in [-0.2, -0.15) is 13.2 Å². The highest BCUT2D eigenvalue weighted by atomic mass is 19.4. The second-order valence-electron chi connectivity index (χ2n) is 7.86. The number of benzene rings is 2. The predicted octanol–water partition coefficient (Wildman–Crippen LogP) is 3.69. The zero-order chi connectivity index (χ0) is 25.4. The third-order valence-electron chi connectivity index (χ3n) is 5.53. The maximum Gasteiger partial charge on any atom is 0.407 e. The monoisotopic (exact) mass is 488 g/mol. The minimum atomic E-state index is -4.68. The van der Waals surface area contributed by atoms with Crippen LogP contribution in [0.5, 0.6) is 0 Å². The fourth-order valence-electron chi connectivity index (χ4n) is 3.89. The smallest absolute Gasteiger partial charge is 0.407 e. The van der Waals surface area contributed by atoms with Gasteiger partial charge in [0.15, 0.2) is 0 Å². The normalized spacial score (nSPS) is 13.0. The molecule has 0 aliphatic heterocycles. The lowest BCUT2D eigenvalue weighted by molar-refractivity contribution is -0.184. The van der Waals surface area contributed by atoms with Gasteiger partial charge in [0.2, 0.25) is 0 Å². The molecule has 3 N–H and O–H groups in total. The van der Waals surface area contributed by atoms with Crippen LogP contribution in [0.2, 0.25) is 0 Å². The molecular formula is C25H23F3N2O5. The molecule has 3 rings (SSSR count). The van der Waals surface area contributed by atoms with Gasteiger partial charge in [-0.05, 0) is 34.6 Å². The third-order valence-corrected chi connectivity index (χ3v) is 5.53. The van der Waals surface area contributed by atoms with E-state index in [2.05, 4.69) is 22.5 Å². The molecule has 0 spiro atoms. The molecule has 0 fully saturated rings. The molecule has 1 atom stereocenters. The fraction of sp³-hybridized carbons (Fsp3) is 0.320. The molecule has 0 saturated carbocycles. The topological polar surface area (TPSA) is 105 Å². The number of hydrogen-bond donors (Lipinski definition) is 3. The van der Waals surface area contributed by atoms with Crippen LogP contribution in [0.1, 0.15) is 29.9 Å². The minimum absolute atomic E-state index is 0.105. The SMILES string of the molecule is O=C(O)CC(CCNC(=O)C#CCNC(=O)OCC1c2ccccc2-c2ccccc21)C(F)(F)F. The summed E-state index contributed by atoms with van der Waals surface area (Å²) >= 11 is 0. The molecule has 7 nitrogen and oxygen atoms in total. The maximum atomic E-state index is 12.8. The standard InChI is InChI=1S/C25H23F3N2O5/c26-25(27,28)16(14-23(32)33)11-13-29-22(31)10-5-12-30-24(34)35-15-21-19-8-3-1-6-17(19)18-7-2-4-9-20(18)21/h1-4,6-9,16,21H,11-15H2,(H,29,31)(H,30,34)(H,32,33). The first-order valence-corrected chi connectivity index (χ1v) is 10.8. The Labute approximate surface area is 199 Å². The molecule has 0 radical (unpaired) electrons. The van der Waals surface area contributed by atoms with Crippen molar-refractivity contribution in [3.63, 3.8) is 0 Å². The van der Waals surface area contributed by atoms with E-state index in [1.165, 1.54) is 0 Å². The minimum Gasteiger partial charge on any atom is -0.481 e. The van der Waals surface area contributed by atoms with Crippen LogP contribution in [0.15, 0.2) is 48.5 Å². The second-order valence-corrected chi connectivity index (χ2v) is 7.86. The van der Waals surface area contributed by atoms with Crippen LogP contribution in [0, 0.1) is 17.8 Å². The average molecular weight is 488 g/mol. The van der Waals surface area contributed by atoms with Gasteiger partial charge in [0, 0.05) is 12.5 Å². The van der Waals surface area contributed by atoms with Crippen LogP contribution in [-0.4, -0.2) is 48.9 Å². The zero-order valence-corrected chi connectivity index (χ0v) is 18.5. The van der Waals surface area contributed by atoms with Gasteiger partial charge < -0.3 is 20.5 Å². The summed E-state index contributed by atoms with van der Waals surface area (Å²) < 4.78 is 43.7. The van der Waals surface area contributed by atoms with Crippen molar-refractivity contribution in [1.29, 1.82) is 0 Å². The summed E-state index contributed by atoms with van der Waals surface area (Å²) in [6.45, 7) is -0.469. The number of carboxylic acid groups (broad SMARTS) is 1. The molecule has 0 heterocycles. The lowest BCUT2D eigenvalue weighted by atomic mass is 9.98. The number of nitrogens with one attached hydrogen (secondary N) is 2. The number of aliphatic carboxylic acids is 1. The Kier molecular flexibility index (Phi) is 8.36. The number of hydrogen-bond acceptors (Lipinski definition) is 4. The largest absolute Gasteiger partial charge is 0.481 e. The molecule has 1 unspecified atom stereocenters. The van der Waals surface area contributed by atoms with Crippen molar-refractivity contribution >= 4 is 18.0 Å². The lowest BCUT2D eigenvalue weighted by Gasteiger charge is -2.18. The van der Waals surface area contributed by atoms with Gasteiger partial charge in [-0.25, -0.2) is 4.79 Å². The van der Waals surface area contributed by atoms with E-state index in [1.54, 1.807) is 0 Å². The Hall–Kier alpha value is -4.00. The molecule has 2 aromatic rings. The molecule has 2 amide bonds. The van der Waals surface area contributed by atoms with Gasteiger partial charge in [-0.1, -0.05) is 54.5 Å². The van der Waals surface area contributed by atoms with Crippen LogP contribution in [0.4, 0.5) is 18.0 Å². The number of amides is 2. The Morgan fingerprint density at radius 1 is 1.00 bits per heavy atom. The highest BCUT2D eigenvalue weighted by Gasteiger charge is 2.40. The molecule has 35 heavy (non-hydrogen) atoms. The van der Waals surface area contributed by atoms with Crippen molar-refractivity contribution < 1.29 is 37.4 Å². The van der Waals surface area contributed by atoms with E-state index in [0.717, 1.165) is 22.3 Å².